The average molecular weight is 310 g/mol. The quantitative estimate of drug-likeness (QED) is 0.496. The van der Waals surface area contributed by atoms with Crippen molar-refractivity contribution < 1.29 is 15.1 Å². The first-order valence-corrected chi connectivity index (χ1v) is 7.08. The molecular weight excluding hydrogens is 298 g/mol. The predicted octanol–water partition coefficient (Wildman–Crippen LogP) is 4.11. The maximum Gasteiger partial charge on any atom is 0.303 e. The van der Waals surface area contributed by atoms with Crippen LogP contribution < -0.4 is 0 Å². The SMILES string of the molecule is O=C(O)CC/C(=N\O)c1ccc(-c2ccc(Cl)cc2)s1. The Hall–Kier alpha value is -1.85. The maximum atomic E-state index is 10.6. The van der Waals surface area contributed by atoms with E-state index < -0.39 is 5.97 Å². The van der Waals surface area contributed by atoms with E-state index in [4.69, 9.17) is 21.9 Å². The van der Waals surface area contributed by atoms with Gasteiger partial charge in [-0.1, -0.05) is 28.9 Å². The van der Waals surface area contributed by atoms with Gasteiger partial charge in [-0.3, -0.25) is 4.79 Å². The van der Waals surface area contributed by atoms with Gasteiger partial charge in [-0.15, -0.1) is 11.3 Å². The number of aliphatic carboxylic acids is 1. The van der Waals surface area contributed by atoms with Crippen LogP contribution in [-0.2, 0) is 4.79 Å². The Labute approximate surface area is 124 Å². The fourth-order valence-electron chi connectivity index (χ4n) is 1.71. The molecule has 0 aliphatic rings. The summed E-state index contributed by atoms with van der Waals surface area (Å²) in [5.41, 5.74) is 1.40. The van der Waals surface area contributed by atoms with Crippen LogP contribution in [0.25, 0.3) is 10.4 Å². The number of carboxylic acid groups (broad SMARTS) is 1. The zero-order chi connectivity index (χ0) is 14.5. The molecule has 6 heteroatoms. The Morgan fingerprint density at radius 1 is 1.15 bits per heavy atom. The molecule has 2 rings (SSSR count). The first-order valence-electron chi connectivity index (χ1n) is 5.89. The van der Waals surface area contributed by atoms with Crippen LogP contribution in [0.3, 0.4) is 0 Å². The second kappa shape index (κ2) is 6.54. The van der Waals surface area contributed by atoms with E-state index in [1.54, 1.807) is 0 Å². The largest absolute Gasteiger partial charge is 0.481 e. The highest BCUT2D eigenvalue weighted by atomic mass is 35.5. The third-order valence-corrected chi connectivity index (χ3v) is 4.15. The Kier molecular flexibility index (Phi) is 4.76. The number of hydrogen-bond donors (Lipinski definition) is 2. The molecule has 2 N–H and O–H groups in total. The van der Waals surface area contributed by atoms with Crippen molar-refractivity contribution in [2.24, 2.45) is 5.16 Å². The number of oxime groups is 1. The maximum absolute atomic E-state index is 10.6. The lowest BCUT2D eigenvalue weighted by molar-refractivity contribution is -0.136. The summed E-state index contributed by atoms with van der Waals surface area (Å²) in [5.74, 6) is -0.916. The molecule has 0 atom stereocenters. The lowest BCUT2D eigenvalue weighted by atomic mass is 10.1. The van der Waals surface area contributed by atoms with Gasteiger partial charge in [-0.25, -0.2) is 0 Å². The number of hydrogen-bond acceptors (Lipinski definition) is 4. The predicted molar refractivity (Wildman–Crippen MR) is 80.0 cm³/mol. The topological polar surface area (TPSA) is 69.9 Å². The van der Waals surface area contributed by atoms with Gasteiger partial charge in [0, 0.05) is 16.3 Å². The van der Waals surface area contributed by atoms with Crippen molar-refractivity contribution in [2.45, 2.75) is 12.8 Å². The van der Waals surface area contributed by atoms with Crippen molar-refractivity contribution in [2.75, 3.05) is 0 Å². The molecule has 0 unspecified atom stereocenters. The third-order valence-electron chi connectivity index (χ3n) is 2.72. The summed E-state index contributed by atoms with van der Waals surface area (Å²) in [6.45, 7) is 0. The van der Waals surface area contributed by atoms with Gasteiger partial charge < -0.3 is 10.3 Å². The van der Waals surface area contributed by atoms with Crippen LogP contribution in [0.2, 0.25) is 5.02 Å². The van der Waals surface area contributed by atoms with Crippen LogP contribution in [0.15, 0.2) is 41.6 Å². The van der Waals surface area contributed by atoms with E-state index >= 15 is 0 Å². The van der Waals surface area contributed by atoms with Crippen LogP contribution in [0.5, 0.6) is 0 Å². The lowest BCUT2D eigenvalue weighted by Crippen LogP contribution is -2.03. The number of halogens is 1. The standard InChI is InChI=1S/C14H12ClNO3S/c15-10-3-1-9(2-4-10)12-6-7-13(20-12)11(16-19)5-8-14(17)18/h1-4,6-7,19H,5,8H2,(H,17,18)/b16-11+. The van der Waals surface area contributed by atoms with E-state index in [2.05, 4.69) is 5.16 Å². The van der Waals surface area contributed by atoms with Gasteiger partial charge in [-0.2, -0.15) is 0 Å². The minimum atomic E-state index is -0.916. The van der Waals surface area contributed by atoms with Crippen LogP contribution in [0.4, 0.5) is 0 Å². The second-order valence-electron chi connectivity index (χ2n) is 4.11. The Balaban J connectivity index is 2.19. The van der Waals surface area contributed by atoms with Gasteiger partial charge in [0.2, 0.25) is 0 Å². The van der Waals surface area contributed by atoms with Crippen LogP contribution in [0, 0.1) is 0 Å². The number of carboxylic acids is 1. The summed E-state index contributed by atoms with van der Waals surface area (Å²) in [7, 11) is 0. The van der Waals surface area contributed by atoms with Gasteiger partial charge in [0.25, 0.3) is 0 Å². The van der Waals surface area contributed by atoms with Gasteiger partial charge in [0.05, 0.1) is 17.0 Å². The van der Waals surface area contributed by atoms with Gasteiger partial charge in [0.15, 0.2) is 0 Å². The summed E-state index contributed by atoms with van der Waals surface area (Å²) < 4.78 is 0. The average Bonchev–Trinajstić information content (AvgIpc) is 2.89. The Morgan fingerprint density at radius 2 is 1.85 bits per heavy atom. The highest BCUT2D eigenvalue weighted by molar-refractivity contribution is 7.17. The zero-order valence-electron chi connectivity index (χ0n) is 10.4. The van der Waals surface area contributed by atoms with E-state index in [1.807, 2.05) is 36.4 Å². The summed E-state index contributed by atoms with van der Waals surface area (Å²) in [4.78, 5) is 12.3. The van der Waals surface area contributed by atoms with Crippen LogP contribution in [0.1, 0.15) is 17.7 Å². The molecule has 0 spiro atoms. The molecule has 0 saturated heterocycles. The number of thiophene rings is 1. The number of nitrogens with zero attached hydrogens (tertiary/aromatic N) is 1. The highest BCUT2D eigenvalue weighted by Gasteiger charge is 2.11. The normalized spacial score (nSPS) is 11.6. The van der Waals surface area contributed by atoms with Crippen LogP contribution >= 0.6 is 22.9 Å². The van der Waals surface area contributed by atoms with E-state index in [1.165, 1.54) is 11.3 Å². The van der Waals surface area contributed by atoms with E-state index in [0.717, 1.165) is 15.3 Å². The number of benzene rings is 1. The Bertz CT molecular complexity index is 634. The van der Waals surface area contributed by atoms with Crippen molar-refractivity contribution in [3.8, 4) is 10.4 Å². The van der Waals surface area contributed by atoms with Crippen LogP contribution in [-0.4, -0.2) is 22.0 Å². The molecule has 0 bridgehead atoms. The minimum absolute atomic E-state index is 0.0619. The molecule has 4 nitrogen and oxygen atoms in total. The van der Waals surface area contributed by atoms with Crippen molar-refractivity contribution in [3.63, 3.8) is 0 Å². The monoisotopic (exact) mass is 309 g/mol. The van der Waals surface area contributed by atoms with E-state index in [0.29, 0.717) is 10.7 Å². The fourth-order valence-corrected chi connectivity index (χ4v) is 2.86. The summed E-state index contributed by atoms with van der Waals surface area (Å²) in [6, 6.07) is 11.2. The van der Waals surface area contributed by atoms with Crippen molar-refractivity contribution in [3.05, 3.63) is 46.3 Å². The van der Waals surface area contributed by atoms with Gasteiger partial charge in [0.1, 0.15) is 0 Å². The number of carbonyl (C=O) groups is 1. The summed E-state index contributed by atoms with van der Waals surface area (Å²) in [6.07, 6.45) is 0.139. The molecule has 0 fully saturated rings. The second-order valence-corrected chi connectivity index (χ2v) is 5.63. The smallest absolute Gasteiger partial charge is 0.303 e. The molecule has 0 aliphatic carbocycles. The third kappa shape index (κ3) is 3.59. The van der Waals surface area contributed by atoms with Crippen molar-refractivity contribution in [1.29, 1.82) is 0 Å². The molecule has 2 aromatic rings. The molecule has 1 aromatic heterocycles. The lowest BCUT2D eigenvalue weighted by Gasteiger charge is -1.99. The molecule has 1 heterocycles. The number of rotatable bonds is 5. The molecule has 104 valence electrons. The fraction of sp³-hybridized carbons (Fsp3) is 0.143. The summed E-state index contributed by atoms with van der Waals surface area (Å²) >= 11 is 7.29. The summed E-state index contributed by atoms with van der Waals surface area (Å²) in [5, 5.41) is 21.5. The minimum Gasteiger partial charge on any atom is -0.481 e. The molecule has 20 heavy (non-hydrogen) atoms. The van der Waals surface area contributed by atoms with E-state index in [9.17, 15) is 4.79 Å². The van der Waals surface area contributed by atoms with Crippen molar-refractivity contribution in [1.82, 2.24) is 0 Å². The van der Waals surface area contributed by atoms with E-state index in [-0.39, 0.29) is 12.8 Å². The first kappa shape index (κ1) is 14.6. The molecule has 0 amide bonds. The molecular formula is C14H12ClNO3S. The Morgan fingerprint density at radius 3 is 2.45 bits per heavy atom. The molecule has 0 aliphatic heterocycles. The first-order chi connectivity index (χ1) is 9.60. The highest BCUT2D eigenvalue weighted by Crippen LogP contribution is 2.30. The molecule has 0 radical (unpaired) electrons. The molecule has 0 saturated carbocycles. The molecule has 1 aromatic carbocycles. The van der Waals surface area contributed by atoms with Gasteiger partial charge in [-0.05, 0) is 29.8 Å². The van der Waals surface area contributed by atoms with Crippen molar-refractivity contribution >= 4 is 34.6 Å². The zero-order valence-corrected chi connectivity index (χ0v) is 12.0. The van der Waals surface area contributed by atoms with Gasteiger partial charge >= 0.3 is 5.97 Å².